The summed E-state index contributed by atoms with van der Waals surface area (Å²) >= 11 is 0. The second-order valence-electron chi connectivity index (χ2n) is 9.39. The summed E-state index contributed by atoms with van der Waals surface area (Å²) in [7, 11) is 0. The largest absolute Gasteiger partial charge is 0.481 e. The van der Waals surface area contributed by atoms with Gasteiger partial charge in [0.2, 0.25) is 5.91 Å². The molecule has 2 saturated heterocycles. The molecular weight excluding hydrogens is 436 g/mol. The molecule has 2 aromatic rings. The molecule has 2 aromatic carbocycles. The van der Waals surface area contributed by atoms with E-state index in [0.717, 1.165) is 22.3 Å². The van der Waals surface area contributed by atoms with Gasteiger partial charge in [-0.05, 0) is 35.6 Å². The van der Waals surface area contributed by atoms with E-state index in [1.807, 2.05) is 36.4 Å². The highest BCUT2D eigenvalue weighted by Gasteiger charge is 2.55. The molecular formula is C26H28N2O6. The molecule has 0 spiro atoms. The quantitative estimate of drug-likeness (QED) is 0.705. The van der Waals surface area contributed by atoms with Crippen LogP contribution in [0.5, 0.6) is 0 Å². The first-order valence-electron chi connectivity index (χ1n) is 11.6. The SMILES string of the molecule is C[C@@H](NC(=O)OCC1c2ccccc2-c2ccccc21)C(=O)N1CC2COCCC2(C(=O)O)C1. The van der Waals surface area contributed by atoms with Crippen molar-refractivity contribution >= 4 is 18.0 Å². The molecule has 2 heterocycles. The van der Waals surface area contributed by atoms with Crippen molar-refractivity contribution in [1.82, 2.24) is 10.2 Å². The topological polar surface area (TPSA) is 105 Å². The highest BCUT2D eigenvalue weighted by molar-refractivity contribution is 5.87. The highest BCUT2D eigenvalue weighted by atomic mass is 16.5. The van der Waals surface area contributed by atoms with Gasteiger partial charge in [-0.2, -0.15) is 0 Å². The van der Waals surface area contributed by atoms with E-state index in [1.165, 1.54) is 4.90 Å². The van der Waals surface area contributed by atoms with Gasteiger partial charge in [-0.1, -0.05) is 48.5 Å². The maximum Gasteiger partial charge on any atom is 0.407 e. The molecule has 0 bridgehead atoms. The number of carbonyl (C=O) groups excluding carboxylic acids is 2. The Kier molecular flexibility index (Phi) is 5.77. The zero-order chi connectivity index (χ0) is 23.9. The van der Waals surface area contributed by atoms with Gasteiger partial charge in [0, 0.05) is 31.5 Å². The maximum atomic E-state index is 13.0. The average Bonchev–Trinajstić information content (AvgIpc) is 3.39. The Bertz CT molecular complexity index is 1090. The number of amides is 2. The van der Waals surface area contributed by atoms with Crippen molar-refractivity contribution in [2.45, 2.75) is 25.3 Å². The van der Waals surface area contributed by atoms with Crippen LogP contribution in [0.15, 0.2) is 48.5 Å². The van der Waals surface area contributed by atoms with Crippen molar-refractivity contribution in [3.8, 4) is 11.1 Å². The molecule has 8 nitrogen and oxygen atoms in total. The lowest BCUT2D eigenvalue weighted by Crippen LogP contribution is -2.48. The summed E-state index contributed by atoms with van der Waals surface area (Å²) in [6.07, 6.45) is -0.291. The summed E-state index contributed by atoms with van der Waals surface area (Å²) in [6, 6.07) is 15.3. The number of ether oxygens (including phenoxy) is 2. The summed E-state index contributed by atoms with van der Waals surface area (Å²) < 4.78 is 11.0. The van der Waals surface area contributed by atoms with Crippen molar-refractivity contribution in [3.05, 3.63) is 59.7 Å². The van der Waals surface area contributed by atoms with Crippen LogP contribution < -0.4 is 5.32 Å². The summed E-state index contributed by atoms with van der Waals surface area (Å²) in [5, 5.41) is 12.4. The number of nitrogens with one attached hydrogen (secondary N) is 1. The van der Waals surface area contributed by atoms with E-state index in [4.69, 9.17) is 9.47 Å². The number of fused-ring (bicyclic) bond motifs is 4. The lowest BCUT2D eigenvalue weighted by atomic mass is 9.74. The van der Waals surface area contributed by atoms with Crippen molar-refractivity contribution < 1.29 is 29.0 Å². The van der Waals surface area contributed by atoms with E-state index >= 15 is 0 Å². The summed E-state index contributed by atoms with van der Waals surface area (Å²) in [6.45, 7) is 2.89. The smallest absolute Gasteiger partial charge is 0.407 e. The number of rotatable bonds is 5. The first-order valence-corrected chi connectivity index (χ1v) is 11.6. The van der Waals surface area contributed by atoms with Crippen LogP contribution in [0.2, 0.25) is 0 Å². The number of benzene rings is 2. The molecule has 178 valence electrons. The number of carboxylic acids is 1. The van der Waals surface area contributed by atoms with E-state index in [-0.39, 0.29) is 30.9 Å². The maximum absolute atomic E-state index is 13.0. The lowest BCUT2D eigenvalue weighted by molar-refractivity contribution is -0.157. The van der Waals surface area contributed by atoms with Crippen molar-refractivity contribution in [3.63, 3.8) is 0 Å². The van der Waals surface area contributed by atoms with Gasteiger partial charge in [0.25, 0.3) is 0 Å². The second-order valence-corrected chi connectivity index (χ2v) is 9.39. The van der Waals surface area contributed by atoms with E-state index < -0.39 is 23.5 Å². The van der Waals surface area contributed by atoms with Crippen LogP contribution in [-0.2, 0) is 19.1 Å². The van der Waals surface area contributed by atoms with E-state index in [9.17, 15) is 19.5 Å². The standard InChI is InChI=1S/C26H28N2O6/c1-16(23(29)28-12-17-13-33-11-10-26(17,15-28)24(30)31)27-25(32)34-14-22-20-8-4-2-6-18(20)19-7-3-5-9-21(19)22/h2-9,16-17,22H,10-15H2,1H3,(H,27,32)(H,30,31)/t16-,17?,26?/m1/s1. The molecule has 3 aliphatic rings. The predicted octanol–water partition coefficient (Wildman–Crippen LogP) is 2.86. The monoisotopic (exact) mass is 464 g/mol. The van der Waals surface area contributed by atoms with E-state index in [0.29, 0.717) is 26.2 Å². The Balaban J connectivity index is 1.20. The third kappa shape index (κ3) is 3.72. The van der Waals surface area contributed by atoms with E-state index in [1.54, 1.807) is 6.92 Å². The number of hydrogen-bond acceptors (Lipinski definition) is 5. The van der Waals surface area contributed by atoms with Gasteiger partial charge in [-0.25, -0.2) is 4.79 Å². The number of hydrogen-bond donors (Lipinski definition) is 2. The van der Waals surface area contributed by atoms with Crippen molar-refractivity contribution in [1.29, 1.82) is 0 Å². The predicted molar refractivity (Wildman–Crippen MR) is 123 cm³/mol. The average molecular weight is 465 g/mol. The molecule has 1 aliphatic carbocycles. The number of nitrogens with zero attached hydrogens (tertiary/aromatic N) is 1. The minimum atomic E-state index is -0.975. The Morgan fingerprint density at radius 1 is 1.15 bits per heavy atom. The van der Waals surface area contributed by atoms with Gasteiger partial charge in [-0.3, -0.25) is 9.59 Å². The summed E-state index contributed by atoms with van der Waals surface area (Å²) in [5.41, 5.74) is 3.53. The molecule has 2 unspecified atom stereocenters. The molecule has 3 atom stereocenters. The van der Waals surface area contributed by atoms with Crippen LogP contribution in [0.25, 0.3) is 11.1 Å². The Morgan fingerprint density at radius 2 is 1.79 bits per heavy atom. The minimum absolute atomic E-state index is 0.0683. The first-order chi connectivity index (χ1) is 16.4. The molecule has 8 heteroatoms. The lowest BCUT2D eigenvalue weighted by Gasteiger charge is -2.33. The van der Waals surface area contributed by atoms with Gasteiger partial charge in [0.05, 0.1) is 12.0 Å². The fraction of sp³-hybridized carbons (Fsp3) is 0.423. The third-order valence-corrected chi connectivity index (χ3v) is 7.49. The van der Waals surface area contributed by atoms with Gasteiger partial charge < -0.3 is 24.8 Å². The third-order valence-electron chi connectivity index (χ3n) is 7.49. The molecule has 34 heavy (non-hydrogen) atoms. The zero-order valence-electron chi connectivity index (χ0n) is 19.0. The fourth-order valence-electron chi connectivity index (χ4n) is 5.62. The minimum Gasteiger partial charge on any atom is -0.481 e. The zero-order valence-corrected chi connectivity index (χ0v) is 19.0. The molecule has 2 amide bonds. The van der Waals surface area contributed by atoms with Crippen molar-refractivity contribution in [2.75, 3.05) is 32.9 Å². The Morgan fingerprint density at radius 3 is 2.41 bits per heavy atom. The fourth-order valence-corrected chi connectivity index (χ4v) is 5.62. The molecule has 0 radical (unpaired) electrons. The van der Waals surface area contributed by atoms with Crippen molar-refractivity contribution in [2.24, 2.45) is 11.3 Å². The van der Waals surface area contributed by atoms with Gasteiger partial charge in [-0.15, -0.1) is 0 Å². The van der Waals surface area contributed by atoms with Crippen LogP contribution in [0.1, 0.15) is 30.4 Å². The Labute approximate surface area is 197 Å². The molecule has 0 aromatic heterocycles. The van der Waals surface area contributed by atoms with Crippen LogP contribution in [0, 0.1) is 11.3 Å². The van der Waals surface area contributed by atoms with Gasteiger partial charge >= 0.3 is 12.1 Å². The Hall–Kier alpha value is -3.39. The normalized spacial score (nSPS) is 24.0. The van der Waals surface area contributed by atoms with Crippen LogP contribution in [-0.4, -0.2) is 66.9 Å². The molecule has 2 aliphatic heterocycles. The van der Waals surface area contributed by atoms with Gasteiger partial charge in [0.1, 0.15) is 12.6 Å². The second kappa shape index (κ2) is 8.76. The number of alkyl carbamates (subject to hydrolysis) is 1. The number of carbonyl (C=O) groups is 3. The number of carboxylic acid groups (broad SMARTS) is 1. The molecule has 5 rings (SSSR count). The molecule has 0 saturated carbocycles. The van der Waals surface area contributed by atoms with Crippen LogP contribution >= 0.6 is 0 Å². The summed E-state index contributed by atoms with van der Waals surface area (Å²) in [4.78, 5) is 39.1. The molecule has 2 N–H and O–H groups in total. The van der Waals surface area contributed by atoms with Crippen LogP contribution in [0.3, 0.4) is 0 Å². The number of aliphatic carboxylic acids is 1. The number of likely N-dealkylation sites (tertiary alicyclic amines) is 1. The highest BCUT2D eigenvalue weighted by Crippen LogP contribution is 2.45. The summed E-state index contributed by atoms with van der Waals surface area (Å²) in [5.74, 6) is -1.53. The van der Waals surface area contributed by atoms with Crippen LogP contribution in [0.4, 0.5) is 4.79 Å². The first kappa shape index (κ1) is 22.4. The molecule has 2 fully saturated rings. The van der Waals surface area contributed by atoms with E-state index in [2.05, 4.69) is 17.4 Å². The van der Waals surface area contributed by atoms with Gasteiger partial charge in [0.15, 0.2) is 0 Å².